The second-order valence-electron chi connectivity index (χ2n) is 5.07. The first-order valence-electron chi connectivity index (χ1n) is 6.54. The Morgan fingerprint density at radius 1 is 1.61 bits per heavy atom. The molecule has 1 saturated heterocycles. The van der Waals surface area contributed by atoms with Crippen molar-refractivity contribution in [3.05, 3.63) is 32.6 Å². The minimum absolute atomic E-state index is 0.00822. The molecule has 2 rings (SSSR count). The van der Waals surface area contributed by atoms with Crippen LogP contribution >= 0.6 is 7.60 Å². The minimum atomic E-state index is -4.63. The summed E-state index contributed by atoms with van der Waals surface area (Å²) in [5.41, 5.74) is 2.20. The number of nitrogens with one attached hydrogen (secondary N) is 1. The van der Waals surface area contributed by atoms with Gasteiger partial charge in [-0.05, 0) is 6.92 Å². The molecule has 1 aliphatic heterocycles. The fraction of sp³-hybridized carbons (Fsp3) is 0.545. The molecule has 0 radical (unpaired) electrons. The molecule has 2 heterocycles. The van der Waals surface area contributed by atoms with Crippen molar-refractivity contribution in [3.8, 4) is 0 Å². The summed E-state index contributed by atoms with van der Waals surface area (Å²) in [6, 6.07) is 0. The van der Waals surface area contributed by atoms with Gasteiger partial charge >= 0.3 is 18.9 Å². The third kappa shape index (κ3) is 3.77. The van der Waals surface area contributed by atoms with Crippen LogP contribution in [0, 0.1) is 6.92 Å². The molecule has 23 heavy (non-hydrogen) atoms. The number of aryl methyl sites for hydroxylation is 1. The Balaban J connectivity index is 2.11. The average molecular weight is 349 g/mol. The lowest BCUT2D eigenvalue weighted by Gasteiger charge is -2.17. The molecule has 0 aliphatic carbocycles. The number of aromatic amines is 1. The van der Waals surface area contributed by atoms with E-state index in [-0.39, 0.29) is 12.0 Å². The number of aliphatic hydroxyl groups is 1. The highest BCUT2D eigenvalue weighted by Crippen LogP contribution is 2.42. The van der Waals surface area contributed by atoms with Crippen molar-refractivity contribution in [3.63, 3.8) is 0 Å². The molecule has 1 aliphatic rings. The molecular weight excluding hydrogens is 333 g/mol. The van der Waals surface area contributed by atoms with Crippen LogP contribution in [-0.2, 0) is 13.8 Å². The molecular formula is C11H16N3O8P. The van der Waals surface area contributed by atoms with Crippen LogP contribution in [0.2, 0.25) is 0 Å². The maximum Gasteiger partial charge on any atom is 0.415 e. The lowest BCUT2D eigenvalue weighted by Crippen LogP contribution is -2.33. The van der Waals surface area contributed by atoms with Crippen LogP contribution in [0.15, 0.2) is 15.8 Å². The summed E-state index contributed by atoms with van der Waals surface area (Å²) >= 11 is 0. The predicted molar refractivity (Wildman–Crippen MR) is 76.0 cm³/mol. The maximum absolute atomic E-state index is 11.8. The lowest BCUT2D eigenvalue weighted by atomic mass is 10.2. The zero-order chi connectivity index (χ0) is 17.4. The summed E-state index contributed by atoms with van der Waals surface area (Å²) in [6.45, 7) is 0.932. The van der Waals surface area contributed by atoms with Crippen molar-refractivity contribution in [2.45, 2.75) is 31.8 Å². The van der Waals surface area contributed by atoms with Gasteiger partial charge in [0.2, 0.25) is 0 Å². The molecule has 0 saturated carbocycles. The van der Waals surface area contributed by atoms with Crippen LogP contribution in [0.1, 0.15) is 18.2 Å². The predicted octanol–water partition coefficient (Wildman–Crippen LogP) is -1.23. The van der Waals surface area contributed by atoms with E-state index in [1.165, 1.54) is 13.1 Å². The van der Waals surface area contributed by atoms with Crippen molar-refractivity contribution >= 4 is 13.2 Å². The number of nitrogens with two attached hydrogens (primary N) is 1. The van der Waals surface area contributed by atoms with Gasteiger partial charge in [0.1, 0.15) is 12.3 Å². The number of aliphatic hydroxyl groups excluding tert-OH is 1. The molecule has 12 heteroatoms. The number of hydrogen-bond acceptors (Lipinski definition) is 7. The number of primary amides is 1. The summed E-state index contributed by atoms with van der Waals surface area (Å²) in [5, 5.41) is 9.89. The molecule has 128 valence electrons. The summed E-state index contributed by atoms with van der Waals surface area (Å²) in [6.07, 6.45) is -1.77. The standard InChI is InChI=1S/C11H16N3O8P/c1-5-3-14(11(18)13-9(5)16)8-2-6(15)7(22-8)4-21-23(19,20)10(12)17/h3,6-8,15H,2,4H2,1H3,(H2,12,17)(H,19,20)(H,13,16,18)/t6-,7+,8+/m0/s1. The maximum atomic E-state index is 11.8. The first-order valence-corrected chi connectivity index (χ1v) is 8.12. The van der Waals surface area contributed by atoms with Crippen LogP contribution in [-0.4, -0.2) is 44.0 Å². The van der Waals surface area contributed by atoms with E-state index in [9.17, 15) is 24.1 Å². The van der Waals surface area contributed by atoms with Crippen molar-refractivity contribution in [2.24, 2.45) is 5.73 Å². The van der Waals surface area contributed by atoms with Gasteiger partial charge in [0.15, 0.2) is 0 Å². The van der Waals surface area contributed by atoms with Gasteiger partial charge in [-0.3, -0.25) is 23.7 Å². The van der Waals surface area contributed by atoms with E-state index in [4.69, 9.17) is 15.4 Å². The largest absolute Gasteiger partial charge is 0.415 e. The van der Waals surface area contributed by atoms with Crippen LogP contribution in [0.4, 0.5) is 4.79 Å². The molecule has 0 aromatic carbocycles. The van der Waals surface area contributed by atoms with Crippen LogP contribution in [0.3, 0.4) is 0 Å². The number of aromatic nitrogens is 2. The van der Waals surface area contributed by atoms with Crippen molar-refractivity contribution in [1.29, 1.82) is 0 Å². The Kier molecular flexibility index (Phi) is 4.87. The van der Waals surface area contributed by atoms with E-state index in [1.807, 2.05) is 0 Å². The van der Waals surface area contributed by atoms with Gasteiger partial charge < -0.3 is 20.5 Å². The fourth-order valence-corrected chi connectivity index (χ4v) is 2.55. The van der Waals surface area contributed by atoms with Gasteiger partial charge in [0.25, 0.3) is 5.56 Å². The minimum Gasteiger partial charge on any atom is -0.390 e. The lowest BCUT2D eigenvalue weighted by molar-refractivity contribution is -0.0420. The number of carbonyl (C=O) groups excluding carboxylic acids is 1. The number of carbonyl (C=O) groups is 1. The van der Waals surface area contributed by atoms with Crippen LogP contribution in [0.5, 0.6) is 0 Å². The summed E-state index contributed by atoms with van der Waals surface area (Å²) in [5.74, 6) is 0. The summed E-state index contributed by atoms with van der Waals surface area (Å²) in [4.78, 5) is 45.1. The van der Waals surface area contributed by atoms with Crippen LogP contribution < -0.4 is 17.0 Å². The number of amides is 1. The van der Waals surface area contributed by atoms with E-state index >= 15 is 0 Å². The molecule has 5 N–H and O–H groups in total. The third-order valence-corrected chi connectivity index (χ3v) is 4.41. The zero-order valence-electron chi connectivity index (χ0n) is 12.0. The van der Waals surface area contributed by atoms with Crippen molar-refractivity contribution < 1.29 is 28.6 Å². The third-order valence-electron chi connectivity index (χ3n) is 3.35. The van der Waals surface area contributed by atoms with Gasteiger partial charge in [-0.15, -0.1) is 0 Å². The Hall–Kier alpha value is -1.78. The molecule has 4 atom stereocenters. The smallest absolute Gasteiger partial charge is 0.390 e. The average Bonchev–Trinajstić information content (AvgIpc) is 2.81. The number of rotatable bonds is 5. The first-order chi connectivity index (χ1) is 10.6. The first kappa shape index (κ1) is 17.6. The topological polar surface area (TPSA) is 174 Å². The number of hydrogen-bond donors (Lipinski definition) is 4. The highest BCUT2D eigenvalue weighted by Gasteiger charge is 2.38. The summed E-state index contributed by atoms with van der Waals surface area (Å²) in [7, 11) is -4.63. The quantitative estimate of drug-likeness (QED) is 0.478. The van der Waals surface area contributed by atoms with E-state index in [0.29, 0.717) is 0 Å². The van der Waals surface area contributed by atoms with Gasteiger partial charge in [-0.25, -0.2) is 9.36 Å². The van der Waals surface area contributed by atoms with Gasteiger partial charge in [-0.2, -0.15) is 0 Å². The number of H-pyrrole nitrogens is 1. The molecule has 1 amide bonds. The molecule has 1 unspecified atom stereocenters. The normalized spacial score (nSPS) is 26.8. The highest BCUT2D eigenvalue weighted by molar-refractivity contribution is 7.70. The second-order valence-corrected chi connectivity index (χ2v) is 6.81. The van der Waals surface area contributed by atoms with Crippen molar-refractivity contribution in [2.75, 3.05) is 6.61 Å². The zero-order valence-corrected chi connectivity index (χ0v) is 12.9. The van der Waals surface area contributed by atoms with E-state index in [2.05, 4.69) is 9.51 Å². The Morgan fingerprint density at radius 2 is 2.26 bits per heavy atom. The Morgan fingerprint density at radius 3 is 2.87 bits per heavy atom. The van der Waals surface area contributed by atoms with Crippen LogP contribution in [0.25, 0.3) is 0 Å². The number of nitrogens with zero attached hydrogens (tertiary/aromatic N) is 1. The Labute approximate surface area is 129 Å². The SMILES string of the molecule is Cc1cn([C@H]2C[C@H](O)[C@@H](COP(=O)(O)C(N)=O)O2)c(=O)[nH]c1=O. The number of ether oxygens (including phenoxy) is 1. The van der Waals surface area contributed by atoms with Gasteiger partial charge in [-0.1, -0.05) is 0 Å². The molecule has 0 spiro atoms. The van der Waals surface area contributed by atoms with Gasteiger partial charge in [0, 0.05) is 18.2 Å². The fourth-order valence-electron chi connectivity index (χ4n) is 2.07. The van der Waals surface area contributed by atoms with E-state index in [1.54, 1.807) is 0 Å². The van der Waals surface area contributed by atoms with Crippen molar-refractivity contribution in [1.82, 2.24) is 9.55 Å². The van der Waals surface area contributed by atoms with E-state index < -0.39 is 49.5 Å². The molecule has 1 fully saturated rings. The van der Waals surface area contributed by atoms with Gasteiger partial charge in [0.05, 0.1) is 12.7 Å². The second kappa shape index (κ2) is 6.38. The highest BCUT2D eigenvalue weighted by atomic mass is 31.2. The van der Waals surface area contributed by atoms with E-state index in [0.717, 1.165) is 4.57 Å². The summed E-state index contributed by atoms with van der Waals surface area (Å²) < 4.78 is 22.3. The molecule has 0 bridgehead atoms. The Bertz CT molecular complexity index is 771. The molecule has 1 aromatic rings. The molecule has 1 aromatic heterocycles. The monoisotopic (exact) mass is 349 g/mol. The molecule has 11 nitrogen and oxygen atoms in total.